The minimum absolute atomic E-state index is 0.594. The third-order valence-corrected chi connectivity index (χ3v) is 4.41. The summed E-state index contributed by atoms with van der Waals surface area (Å²) in [4.78, 5) is 3.39. The molecule has 0 atom stereocenters. The second-order valence-corrected chi connectivity index (χ2v) is 6.69. The number of hydrogen-bond donors (Lipinski definition) is 2. The molecule has 0 fully saturated rings. The molecule has 120 valence electrons. The number of hydrogen-bond acceptors (Lipinski definition) is 1. The molecule has 3 aromatic rings. The summed E-state index contributed by atoms with van der Waals surface area (Å²) in [5.74, 6) is 0.594. The number of fused-ring (bicyclic) bond motifs is 3. The van der Waals surface area contributed by atoms with Crippen molar-refractivity contribution < 1.29 is 0 Å². The van der Waals surface area contributed by atoms with Crippen LogP contribution in [-0.4, -0.2) is 11.2 Å². The van der Waals surface area contributed by atoms with Gasteiger partial charge in [-0.1, -0.05) is 66.5 Å². The number of para-hydroxylation sites is 1. The fraction of sp³-hybridized carbons (Fsp3) is 0.250. The first-order chi connectivity index (χ1) is 11.1. The Morgan fingerprint density at radius 3 is 2.43 bits per heavy atom. The Morgan fingerprint density at radius 1 is 1.13 bits per heavy atom. The Hall–Kier alpha value is -1.87. The van der Waals surface area contributed by atoms with Crippen LogP contribution in [0.4, 0.5) is 0 Å². The molecule has 0 unspecified atom stereocenters. The number of halogens is 1. The second kappa shape index (κ2) is 8.11. The third-order valence-electron chi connectivity index (χ3n) is 3.92. The number of nitrogens with one attached hydrogen (secondary N) is 2. The Bertz CT molecular complexity index is 828. The summed E-state index contributed by atoms with van der Waals surface area (Å²) in [6, 6.07) is 14.7. The van der Waals surface area contributed by atoms with Crippen molar-refractivity contribution in [3.05, 3.63) is 58.6 Å². The zero-order chi connectivity index (χ0) is 16.8. The van der Waals surface area contributed by atoms with Crippen LogP contribution in [0.1, 0.15) is 27.2 Å². The van der Waals surface area contributed by atoms with Crippen LogP contribution in [0.3, 0.4) is 0 Å². The van der Waals surface area contributed by atoms with E-state index in [1.807, 2.05) is 12.1 Å². The second-order valence-electron chi connectivity index (χ2n) is 5.78. The van der Waals surface area contributed by atoms with Gasteiger partial charge >= 0.3 is 0 Å². The highest BCUT2D eigenvalue weighted by molar-refractivity contribution is 9.10. The molecular weight excluding hydrogens is 348 g/mol. The van der Waals surface area contributed by atoms with Crippen LogP contribution in [0.25, 0.3) is 21.8 Å². The summed E-state index contributed by atoms with van der Waals surface area (Å²) < 4.78 is 1.11. The van der Waals surface area contributed by atoms with Crippen molar-refractivity contribution in [3.63, 3.8) is 0 Å². The normalized spacial score (nSPS) is 11.6. The van der Waals surface area contributed by atoms with E-state index in [4.69, 9.17) is 5.41 Å². The predicted octanol–water partition coefficient (Wildman–Crippen LogP) is 6.71. The van der Waals surface area contributed by atoms with Crippen molar-refractivity contribution in [2.45, 2.75) is 27.2 Å². The zero-order valence-electron chi connectivity index (χ0n) is 13.9. The fourth-order valence-corrected chi connectivity index (χ4v) is 3.01. The smallest absolute Gasteiger partial charge is 0.0476 e. The van der Waals surface area contributed by atoms with Gasteiger partial charge in [-0.15, -0.1) is 0 Å². The molecule has 0 saturated heterocycles. The summed E-state index contributed by atoms with van der Waals surface area (Å²) >= 11 is 3.47. The van der Waals surface area contributed by atoms with Gasteiger partial charge < -0.3 is 10.4 Å². The van der Waals surface area contributed by atoms with Gasteiger partial charge in [-0.3, -0.25) is 0 Å². The largest absolute Gasteiger partial charge is 0.354 e. The Balaban J connectivity index is 0.000000188. The SMILES string of the molecule is Brc1ccc2c(c1)[nH]c1ccccc12.CC/C(=C\C=N)C(C)C. The highest BCUT2D eigenvalue weighted by atomic mass is 79.9. The maximum absolute atomic E-state index is 6.83. The average Bonchev–Trinajstić information content (AvgIpc) is 2.90. The highest BCUT2D eigenvalue weighted by Gasteiger charge is 2.02. The van der Waals surface area contributed by atoms with Gasteiger partial charge in [0.05, 0.1) is 0 Å². The number of rotatable bonds is 3. The quantitative estimate of drug-likeness (QED) is 0.480. The molecule has 1 aromatic heterocycles. The molecular formula is C20H23BrN2. The first-order valence-corrected chi connectivity index (χ1v) is 8.71. The number of H-pyrrole nitrogens is 1. The van der Waals surface area contributed by atoms with Gasteiger partial charge in [0, 0.05) is 32.5 Å². The lowest BCUT2D eigenvalue weighted by molar-refractivity contribution is 0.734. The van der Waals surface area contributed by atoms with E-state index < -0.39 is 0 Å². The maximum atomic E-state index is 6.83. The predicted molar refractivity (Wildman–Crippen MR) is 106 cm³/mol. The van der Waals surface area contributed by atoms with Crippen LogP contribution in [0.5, 0.6) is 0 Å². The van der Waals surface area contributed by atoms with Gasteiger partial charge in [-0.2, -0.15) is 0 Å². The summed E-state index contributed by atoms with van der Waals surface area (Å²) in [6.07, 6.45) is 4.30. The summed E-state index contributed by atoms with van der Waals surface area (Å²) in [5, 5.41) is 9.40. The lowest BCUT2D eigenvalue weighted by atomic mass is 10.0. The van der Waals surface area contributed by atoms with E-state index in [9.17, 15) is 0 Å². The molecule has 0 aliphatic heterocycles. The van der Waals surface area contributed by atoms with E-state index in [-0.39, 0.29) is 0 Å². The monoisotopic (exact) mass is 370 g/mol. The molecule has 23 heavy (non-hydrogen) atoms. The number of aromatic nitrogens is 1. The molecule has 0 bridgehead atoms. The summed E-state index contributed by atoms with van der Waals surface area (Å²) in [6.45, 7) is 6.42. The lowest BCUT2D eigenvalue weighted by Crippen LogP contribution is -1.91. The van der Waals surface area contributed by atoms with Crippen molar-refractivity contribution in [2.24, 2.45) is 5.92 Å². The zero-order valence-corrected chi connectivity index (χ0v) is 15.4. The molecule has 1 heterocycles. The van der Waals surface area contributed by atoms with Crippen molar-refractivity contribution in [3.8, 4) is 0 Å². The summed E-state index contributed by atoms with van der Waals surface area (Å²) in [7, 11) is 0. The van der Waals surface area contributed by atoms with Crippen molar-refractivity contribution in [1.29, 1.82) is 5.41 Å². The van der Waals surface area contributed by atoms with Gasteiger partial charge in [0.25, 0.3) is 0 Å². The van der Waals surface area contributed by atoms with E-state index in [1.54, 1.807) is 0 Å². The average molecular weight is 371 g/mol. The Labute approximate surface area is 146 Å². The van der Waals surface area contributed by atoms with E-state index in [0.29, 0.717) is 5.92 Å². The number of aromatic amines is 1. The first-order valence-electron chi connectivity index (χ1n) is 7.92. The molecule has 3 rings (SSSR count). The molecule has 0 saturated carbocycles. The fourth-order valence-electron chi connectivity index (χ4n) is 2.65. The summed E-state index contributed by atoms with van der Waals surface area (Å²) in [5.41, 5.74) is 3.73. The topological polar surface area (TPSA) is 39.6 Å². The van der Waals surface area contributed by atoms with Crippen molar-refractivity contribution in [1.82, 2.24) is 4.98 Å². The van der Waals surface area contributed by atoms with Gasteiger partial charge in [0.1, 0.15) is 0 Å². The van der Waals surface area contributed by atoms with Gasteiger partial charge in [-0.05, 0) is 36.6 Å². The van der Waals surface area contributed by atoms with Crippen molar-refractivity contribution >= 4 is 44.0 Å². The van der Waals surface area contributed by atoms with Gasteiger partial charge in [0.15, 0.2) is 0 Å². The molecule has 0 amide bonds. The van der Waals surface area contributed by atoms with E-state index in [0.717, 1.165) is 10.9 Å². The number of benzene rings is 2. The van der Waals surface area contributed by atoms with E-state index >= 15 is 0 Å². The van der Waals surface area contributed by atoms with Crippen molar-refractivity contribution in [2.75, 3.05) is 0 Å². The van der Waals surface area contributed by atoms with Crippen LogP contribution in [0.15, 0.2) is 58.6 Å². The Kier molecular flexibility index (Phi) is 6.17. The van der Waals surface area contributed by atoms with Gasteiger partial charge in [-0.25, -0.2) is 0 Å². The molecule has 2 nitrogen and oxygen atoms in total. The highest BCUT2D eigenvalue weighted by Crippen LogP contribution is 2.27. The van der Waals surface area contributed by atoms with Crippen LogP contribution in [-0.2, 0) is 0 Å². The standard InChI is InChI=1S/C12H8BrN.C8H15N/c13-8-5-6-10-9-3-1-2-4-11(9)14-12(10)7-8;1-4-8(5-6-9)7(2)3/h1-7,14H;5-7,9H,4H2,1-3H3/b;8-5+,9-6?. The van der Waals surface area contributed by atoms with E-state index in [2.05, 4.69) is 78.1 Å². The molecule has 0 spiro atoms. The molecule has 0 radical (unpaired) electrons. The maximum Gasteiger partial charge on any atom is 0.0476 e. The minimum atomic E-state index is 0.594. The molecule has 2 N–H and O–H groups in total. The molecule has 0 aliphatic rings. The van der Waals surface area contributed by atoms with Crippen LogP contribution in [0.2, 0.25) is 0 Å². The van der Waals surface area contributed by atoms with Crippen LogP contribution < -0.4 is 0 Å². The molecule has 3 heteroatoms. The van der Waals surface area contributed by atoms with E-state index in [1.165, 1.54) is 33.6 Å². The Morgan fingerprint density at radius 2 is 1.83 bits per heavy atom. The minimum Gasteiger partial charge on any atom is -0.354 e. The van der Waals surface area contributed by atoms with Crippen LogP contribution in [0, 0.1) is 11.3 Å². The first kappa shape index (κ1) is 17.5. The lowest BCUT2D eigenvalue weighted by Gasteiger charge is -2.05. The third kappa shape index (κ3) is 4.32. The van der Waals surface area contributed by atoms with Gasteiger partial charge in [0.2, 0.25) is 0 Å². The van der Waals surface area contributed by atoms with Crippen LogP contribution >= 0.6 is 15.9 Å². The molecule has 0 aliphatic carbocycles. The number of allylic oxidation sites excluding steroid dienone is 2. The molecule has 2 aromatic carbocycles.